The van der Waals surface area contributed by atoms with Crippen molar-refractivity contribution in [1.82, 2.24) is 0 Å². The van der Waals surface area contributed by atoms with Gasteiger partial charge in [0, 0.05) is 20.1 Å². The zero-order chi connectivity index (χ0) is 19.9. The highest BCUT2D eigenvalue weighted by molar-refractivity contribution is 9.10. The molecule has 2 nitrogen and oxygen atoms in total. The molecule has 0 unspecified atom stereocenters. The van der Waals surface area contributed by atoms with Gasteiger partial charge in [0.05, 0.1) is 0 Å². The van der Waals surface area contributed by atoms with Crippen LogP contribution in [0.5, 0.6) is 0 Å². The standard InChI is InChI=1S/C24H16Br2O2/c25-21-5-1-3-17(15-21)7-13-23(27)19-9-11-20(12-10-19)24(28)14-8-18-4-2-6-22(26)16-18/h1-16H/b13-7+,14-8+. The van der Waals surface area contributed by atoms with Crippen LogP contribution in [0.3, 0.4) is 0 Å². The Morgan fingerprint density at radius 2 is 1.00 bits per heavy atom. The lowest BCUT2D eigenvalue weighted by molar-refractivity contribution is 0.103. The van der Waals surface area contributed by atoms with Gasteiger partial charge < -0.3 is 0 Å². The molecule has 3 aromatic carbocycles. The number of benzene rings is 3. The van der Waals surface area contributed by atoms with Gasteiger partial charge >= 0.3 is 0 Å². The van der Waals surface area contributed by atoms with Crippen LogP contribution < -0.4 is 0 Å². The van der Waals surface area contributed by atoms with E-state index in [1.165, 1.54) is 12.2 Å². The summed E-state index contributed by atoms with van der Waals surface area (Å²) in [4.78, 5) is 24.6. The minimum atomic E-state index is -0.108. The average Bonchev–Trinajstić information content (AvgIpc) is 2.70. The maximum atomic E-state index is 12.3. The Bertz CT molecular complexity index is 977. The summed E-state index contributed by atoms with van der Waals surface area (Å²) in [7, 11) is 0. The molecule has 0 atom stereocenters. The van der Waals surface area contributed by atoms with Gasteiger partial charge in [-0.2, -0.15) is 0 Å². The first-order chi connectivity index (χ1) is 13.5. The summed E-state index contributed by atoms with van der Waals surface area (Å²) in [5, 5.41) is 0. The molecule has 0 radical (unpaired) electrons. The Morgan fingerprint density at radius 3 is 1.36 bits per heavy atom. The van der Waals surface area contributed by atoms with Crippen LogP contribution >= 0.6 is 31.9 Å². The zero-order valence-corrected chi connectivity index (χ0v) is 18.0. The molecule has 138 valence electrons. The van der Waals surface area contributed by atoms with Crippen molar-refractivity contribution in [2.75, 3.05) is 0 Å². The summed E-state index contributed by atoms with van der Waals surface area (Å²) in [6, 6.07) is 22.1. The maximum Gasteiger partial charge on any atom is 0.185 e. The van der Waals surface area contributed by atoms with E-state index in [0.29, 0.717) is 11.1 Å². The van der Waals surface area contributed by atoms with Crippen LogP contribution in [-0.2, 0) is 0 Å². The maximum absolute atomic E-state index is 12.3. The van der Waals surface area contributed by atoms with E-state index in [-0.39, 0.29) is 11.6 Å². The molecule has 0 N–H and O–H groups in total. The third-order valence-electron chi connectivity index (χ3n) is 4.01. The molecular formula is C24H16Br2O2. The minimum Gasteiger partial charge on any atom is -0.289 e. The number of ketones is 2. The van der Waals surface area contributed by atoms with Gasteiger partial charge in [0.25, 0.3) is 0 Å². The van der Waals surface area contributed by atoms with Crippen LogP contribution in [0.25, 0.3) is 12.2 Å². The predicted molar refractivity (Wildman–Crippen MR) is 121 cm³/mol. The molecule has 28 heavy (non-hydrogen) atoms. The first kappa shape index (κ1) is 20.2. The van der Waals surface area contributed by atoms with Gasteiger partial charge in [0.2, 0.25) is 0 Å². The normalized spacial score (nSPS) is 11.2. The molecule has 0 bridgehead atoms. The van der Waals surface area contributed by atoms with E-state index < -0.39 is 0 Å². The Labute approximate surface area is 180 Å². The Balaban J connectivity index is 1.67. The lowest BCUT2D eigenvalue weighted by Crippen LogP contribution is -1.98. The summed E-state index contributed by atoms with van der Waals surface area (Å²) in [6.45, 7) is 0. The van der Waals surface area contributed by atoms with Crippen LogP contribution in [0.4, 0.5) is 0 Å². The number of rotatable bonds is 6. The van der Waals surface area contributed by atoms with E-state index in [0.717, 1.165) is 20.1 Å². The fraction of sp³-hybridized carbons (Fsp3) is 0. The molecule has 3 rings (SSSR count). The van der Waals surface area contributed by atoms with Gasteiger partial charge in [0.15, 0.2) is 11.6 Å². The molecule has 4 heteroatoms. The topological polar surface area (TPSA) is 34.1 Å². The number of halogens is 2. The van der Waals surface area contributed by atoms with Crippen molar-refractivity contribution in [3.05, 3.63) is 116 Å². The van der Waals surface area contributed by atoms with Crippen LogP contribution in [0.1, 0.15) is 31.8 Å². The van der Waals surface area contributed by atoms with Gasteiger partial charge in [-0.15, -0.1) is 0 Å². The zero-order valence-electron chi connectivity index (χ0n) is 14.8. The van der Waals surface area contributed by atoms with Crippen LogP contribution in [-0.4, -0.2) is 11.6 Å². The minimum absolute atomic E-state index is 0.108. The first-order valence-electron chi connectivity index (χ1n) is 8.57. The Kier molecular flexibility index (Phi) is 6.90. The summed E-state index contributed by atoms with van der Waals surface area (Å²) < 4.78 is 1.92. The molecule has 0 amide bonds. The fourth-order valence-electron chi connectivity index (χ4n) is 2.56. The summed E-state index contributed by atoms with van der Waals surface area (Å²) >= 11 is 6.82. The second kappa shape index (κ2) is 9.58. The van der Waals surface area contributed by atoms with E-state index >= 15 is 0 Å². The molecule has 0 aromatic heterocycles. The summed E-state index contributed by atoms with van der Waals surface area (Å²) in [5.41, 5.74) is 2.96. The highest BCUT2D eigenvalue weighted by Gasteiger charge is 2.05. The molecule has 0 spiro atoms. The van der Waals surface area contributed by atoms with E-state index in [1.807, 2.05) is 48.5 Å². The van der Waals surface area contributed by atoms with Gasteiger partial charge in [-0.1, -0.05) is 92.5 Å². The molecular weight excluding hydrogens is 480 g/mol. The third-order valence-corrected chi connectivity index (χ3v) is 4.99. The average molecular weight is 496 g/mol. The van der Waals surface area contributed by atoms with Crippen LogP contribution in [0.2, 0.25) is 0 Å². The number of carbonyl (C=O) groups excluding carboxylic acids is 2. The lowest BCUT2D eigenvalue weighted by Gasteiger charge is -2.00. The molecule has 0 saturated carbocycles. The molecule has 0 aliphatic carbocycles. The fourth-order valence-corrected chi connectivity index (χ4v) is 3.39. The highest BCUT2D eigenvalue weighted by atomic mass is 79.9. The molecule has 0 aliphatic heterocycles. The van der Waals surface area contributed by atoms with E-state index in [9.17, 15) is 9.59 Å². The number of hydrogen-bond acceptors (Lipinski definition) is 2. The largest absolute Gasteiger partial charge is 0.289 e. The number of allylic oxidation sites excluding steroid dienone is 2. The monoisotopic (exact) mass is 494 g/mol. The molecule has 0 saturated heterocycles. The van der Waals surface area contributed by atoms with Crippen LogP contribution in [0, 0.1) is 0 Å². The Hall–Kier alpha value is -2.56. The van der Waals surface area contributed by atoms with Gasteiger partial charge in [-0.25, -0.2) is 0 Å². The van der Waals surface area contributed by atoms with Crippen molar-refractivity contribution in [2.24, 2.45) is 0 Å². The van der Waals surface area contributed by atoms with Crippen molar-refractivity contribution >= 4 is 55.6 Å². The quantitative estimate of drug-likeness (QED) is 0.272. The second-order valence-corrected chi connectivity index (χ2v) is 7.91. The first-order valence-corrected chi connectivity index (χ1v) is 10.2. The molecule has 3 aromatic rings. The predicted octanol–water partition coefficient (Wildman–Crippen LogP) is 7.00. The Morgan fingerprint density at radius 1 is 0.607 bits per heavy atom. The van der Waals surface area contributed by atoms with E-state index in [1.54, 1.807) is 36.4 Å². The second-order valence-electron chi connectivity index (χ2n) is 6.08. The van der Waals surface area contributed by atoms with Crippen molar-refractivity contribution in [3.63, 3.8) is 0 Å². The van der Waals surface area contributed by atoms with Crippen LogP contribution in [0.15, 0.2) is 93.9 Å². The number of hydrogen-bond donors (Lipinski definition) is 0. The third kappa shape index (κ3) is 5.72. The van der Waals surface area contributed by atoms with E-state index in [2.05, 4.69) is 31.9 Å². The van der Waals surface area contributed by atoms with Gasteiger partial charge in [0.1, 0.15) is 0 Å². The highest BCUT2D eigenvalue weighted by Crippen LogP contribution is 2.15. The number of carbonyl (C=O) groups is 2. The summed E-state index contributed by atoms with van der Waals surface area (Å²) in [6.07, 6.45) is 6.61. The van der Waals surface area contributed by atoms with Crippen molar-refractivity contribution in [2.45, 2.75) is 0 Å². The van der Waals surface area contributed by atoms with Gasteiger partial charge in [-0.3, -0.25) is 9.59 Å². The molecule has 0 fully saturated rings. The SMILES string of the molecule is O=C(/C=C/c1cccc(Br)c1)c1ccc(C(=O)/C=C/c2cccc(Br)c2)cc1. The smallest absolute Gasteiger partial charge is 0.185 e. The molecule has 0 heterocycles. The van der Waals surface area contributed by atoms with Crippen molar-refractivity contribution in [1.29, 1.82) is 0 Å². The van der Waals surface area contributed by atoms with Crippen molar-refractivity contribution < 1.29 is 9.59 Å². The van der Waals surface area contributed by atoms with E-state index in [4.69, 9.17) is 0 Å². The van der Waals surface area contributed by atoms with Crippen molar-refractivity contribution in [3.8, 4) is 0 Å². The molecule has 0 aliphatic rings. The summed E-state index contributed by atoms with van der Waals surface area (Å²) in [5.74, 6) is -0.215. The lowest BCUT2D eigenvalue weighted by atomic mass is 10.0. The van der Waals surface area contributed by atoms with Gasteiger partial charge in [-0.05, 0) is 47.5 Å².